The summed E-state index contributed by atoms with van der Waals surface area (Å²) in [6, 6.07) is 4.21. The molecule has 104 valence electrons. The van der Waals surface area contributed by atoms with Crippen molar-refractivity contribution in [2.45, 2.75) is 32.2 Å². The van der Waals surface area contributed by atoms with Gasteiger partial charge in [-0.25, -0.2) is 8.78 Å². The number of halogens is 2. The minimum atomic E-state index is -0.798. The van der Waals surface area contributed by atoms with Crippen molar-refractivity contribution in [3.63, 3.8) is 0 Å². The van der Waals surface area contributed by atoms with Crippen molar-refractivity contribution in [2.75, 3.05) is 13.2 Å². The largest absolute Gasteiger partial charge is 0.496 e. The molecular weight excluding hydrogens is 248 g/mol. The molecular formula is C15H19F2NO. The number of hydrogen-bond donors (Lipinski definition) is 1. The second-order valence-electron chi connectivity index (χ2n) is 4.67. The van der Waals surface area contributed by atoms with E-state index < -0.39 is 11.6 Å². The monoisotopic (exact) mass is 267 g/mol. The molecule has 0 radical (unpaired) electrons. The quantitative estimate of drug-likeness (QED) is 0.854. The Labute approximate surface area is 112 Å². The fraction of sp³-hybridized carbons (Fsp3) is 0.467. The first-order chi connectivity index (χ1) is 9.22. The van der Waals surface area contributed by atoms with Gasteiger partial charge >= 0.3 is 0 Å². The van der Waals surface area contributed by atoms with Crippen molar-refractivity contribution in [3.05, 3.63) is 47.2 Å². The molecule has 0 aromatic heterocycles. The summed E-state index contributed by atoms with van der Waals surface area (Å²) in [7, 11) is 0. The number of ether oxygens (including phenoxy) is 1. The van der Waals surface area contributed by atoms with Crippen molar-refractivity contribution in [3.8, 4) is 0 Å². The van der Waals surface area contributed by atoms with E-state index in [4.69, 9.17) is 4.74 Å². The van der Waals surface area contributed by atoms with Crippen molar-refractivity contribution in [1.29, 1.82) is 0 Å². The second kappa shape index (κ2) is 6.66. The van der Waals surface area contributed by atoms with Crippen LogP contribution in [0.5, 0.6) is 0 Å². The van der Waals surface area contributed by atoms with Crippen molar-refractivity contribution >= 4 is 0 Å². The predicted molar refractivity (Wildman–Crippen MR) is 70.8 cm³/mol. The lowest BCUT2D eigenvalue weighted by atomic mass is 10.0. The highest BCUT2D eigenvalue weighted by atomic mass is 19.2. The van der Waals surface area contributed by atoms with Gasteiger partial charge in [0, 0.05) is 6.42 Å². The number of rotatable bonds is 6. The van der Waals surface area contributed by atoms with Crippen LogP contribution in [0, 0.1) is 11.6 Å². The highest BCUT2D eigenvalue weighted by molar-refractivity contribution is 5.22. The summed E-state index contributed by atoms with van der Waals surface area (Å²) in [6.07, 6.45) is 4.28. The molecule has 0 aliphatic carbocycles. The van der Waals surface area contributed by atoms with E-state index in [0.717, 1.165) is 31.2 Å². The van der Waals surface area contributed by atoms with Gasteiger partial charge in [-0.05, 0) is 37.1 Å². The minimum Gasteiger partial charge on any atom is -0.496 e. The highest BCUT2D eigenvalue weighted by Crippen LogP contribution is 2.20. The highest BCUT2D eigenvalue weighted by Gasteiger charge is 2.20. The van der Waals surface area contributed by atoms with E-state index in [-0.39, 0.29) is 6.04 Å². The molecule has 0 saturated heterocycles. The molecule has 0 amide bonds. The molecule has 19 heavy (non-hydrogen) atoms. The van der Waals surface area contributed by atoms with Crippen LogP contribution in [0.15, 0.2) is 30.0 Å². The smallest absolute Gasteiger partial charge is 0.162 e. The summed E-state index contributed by atoms with van der Waals surface area (Å²) in [5.41, 5.74) is 0.380. The van der Waals surface area contributed by atoms with E-state index in [1.807, 2.05) is 6.08 Å². The van der Waals surface area contributed by atoms with Crippen LogP contribution in [-0.4, -0.2) is 19.2 Å². The van der Waals surface area contributed by atoms with Gasteiger partial charge < -0.3 is 10.1 Å². The van der Waals surface area contributed by atoms with Crippen LogP contribution >= 0.6 is 0 Å². The van der Waals surface area contributed by atoms with Crippen LogP contribution in [0.25, 0.3) is 0 Å². The Kier molecular flexibility index (Phi) is 4.91. The average Bonchev–Trinajstić information content (AvgIpc) is 2.93. The van der Waals surface area contributed by atoms with Gasteiger partial charge in [0.1, 0.15) is 5.76 Å². The topological polar surface area (TPSA) is 21.3 Å². The van der Waals surface area contributed by atoms with E-state index in [2.05, 4.69) is 12.2 Å². The first-order valence-electron chi connectivity index (χ1n) is 6.71. The summed E-state index contributed by atoms with van der Waals surface area (Å²) < 4.78 is 32.5. The number of nitrogens with one attached hydrogen (secondary N) is 1. The Morgan fingerprint density at radius 1 is 1.37 bits per heavy atom. The lowest BCUT2D eigenvalue weighted by Gasteiger charge is -2.20. The Morgan fingerprint density at radius 2 is 2.21 bits per heavy atom. The molecule has 0 fully saturated rings. The molecule has 1 aliphatic heterocycles. The number of hydrogen-bond acceptors (Lipinski definition) is 2. The maximum absolute atomic E-state index is 13.7. The van der Waals surface area contributed by atoms with E-state index in [1.165, 1.54) is 6.07 Å². The van der Waals surface area contributed by atoms with Gasteiger partial charge in [0.15, 0.2) is 11.6 Å². The van der Waals surface area contributed by atoms with Crippen LogP contribution in [0.1, 0.15) is 25.3 Å². The summed E-state index contributed by atoms with van der Waals surface area (Å²) in [5, 5.41) is 3.32. The van der Waals surface area contributed by atoms with Crippen LogP contribution in [0.3, 0.4) is 0 Å². The van der Waals surface area contributed by atoms with E-state index in [1.54, 1.807) is 6.07 Å². The van der Waals surface area contributed by atoms with Crippen molar-refractivity contribution in [1.82, 2.24) is 5.32 Å². The zero-order valence-corrected chi connectivity index (χ0v) is 11.1. The Morgan fingerprint density at radius 3 is 2.89 bits per heavy atom. The van der Waals surface area contributed by atoms with Crippen molar-refractivity contribution in [2.24, 2.45) is 0 Å². The van der Waals surface area contributed by atoms with Gasteiger partial charge in [0.05, 0.1) is 12.6 Å². The average molecular weight is 267 g/mol. The molecule has 0 spiro atoms. The van der Waals surface area contributed by atoms with Gasteiger partial charge in [-0.1, -0.05) is 19.1 Å². The molecule has 1 aliphatic rings. The minimum absolute atomic E-state index is 0.0845. The molecule has 2 rings (SSSR count). The van der Waals surface area contributed by atoms with Crippen LogP contribution < -0.4 is 5.32 Å². The third-order valence-corrected chi connectivity index (χ3v) is 3.17. The Bertz CT molecular complexity index is 459. The Balaban J connectivity index is 2.12. The molecule has 0 saturated carbocycles. The molecule has 1 heterocycles. The van der Waals surface area contributed by atoms with Crippen LogP contribution in [0.2, 0.25) is 0 Å². The standard InChI is InChI=1S/C15H19F2NO/c1-2-8-18-13(14-7-4-9-19-14)10-11-5-3-6-12(16)15(11)17/h3,5-7,13,18H,2,4,8-10H2,1H3. The van der Waals surface area contributed by atoms with E-state index >= 15 is 0 Å². The fourth-order valence-electron chi connectivity index (χ4n) is 2.20. The third kappa shape index (κ3) is 3.53. The lowest BCUT2D eigenvalue weighted by molar-refractivity contribution is 0.214. The van der Waals surface area contributed by atoms with Gasteiger partial charge in [-0.3, -0.25) is 0 Å². The first-order valence-corrected chi connectivity index (χ1v) is 6.71. The molecule has 1 aromatic carbocycles. The third-order valence-electron chi connectivity index (χ3n) is 3.17. The zero-order valence-electron chi connectivity index (χ0n) is 11.1. The van der Waals surface area contributed by atoms with Crippen LogP contribution in [0.4, 0.5) is 8.78 Å². The van der Waals surface area contributed by atoms with E-state index in [9.17, 15) is 8.78 Å². The van der Waals surface area contributed by atoms with E-state index in [0.29, 0.717) is 18.6 Å². The SMILES string of the molecule is CCCNC(Cc1cccc(F)c1F)C1=CCCO1. The van der Waals surface area contributed by atoms with Gasteiger partial charge in [0.25, 0.3) is 0 Å². The summed E-state index contributed by atoms with van der Waals surface area (Å²) in [6.45, 7) is 3.56. The second-order valence-corrected chi connectivity index (χ2v) is 4.67. The molecule has 1 atom stereocenters. The van der Waals surface area contributed by atoms with Gasteiger partial charge in [-0.2, -0.15) is 0 Å². The van der Waals surface area contributed by atoms with Gasteiger partial charge in [0.2, 0.25) is 0 Å². The molecule has 2 nitrogen and oxygen atoms in total. The summed E-state index contributed by atoms with van der Waals surface area (Å²) in [4.78, 5) is 0. The normalized spacial score (nSPS) is 16.1. The molecule has 1 unspecified atom stereocenters. The lowest BCUT2D eigenvalue weighted by Crippen LogP contribution is -2.34. The summed E-state index contributed by atoms with van der Waals surface area (Å²) in [5.74, 6) is -0.713. The number of benzene rings is 1. The summed E-state index contributed by atoms with van der Waals surface area (Å²) >= 11 is 0. The van der Waals surface area contributed by atoms with Gasteiger partial charge in [-0.15, -0.1) is 0 Å². The predicted octanol–water partition coefficient (Wildman–Crippen LogP) is 3.18. The maximum atomic E-state index is 13.7. The fourth-order valence-corrected chi connectivity index (χ4v) is 2.20. The molecule has 4 heteroatoms. The first kappa shape index (κ1) is 14.0. The maximum Gasteiger partial charge on any atom is 0.162 e. The molecule has 1 N–H and O–H groups in total. The van der Waals surface area contributed by atoms with Crippen LogP contribution in [-0.2, 0) is 11.2 Å². The molecule has 0 bridgehead atoms. The molecule has 1 aromatic rings. The van der Waals surface area contributed by atoms with Crippen molar-refractivity contribution < 1.29 is 13.5 Å². The zero-order chi connectivity index (χ0) is 13.7. The Hall–Kier alpha value is -1.42.